The number of carbonyl (C=O) groups is 1. The Balaban J connectivity index is 3.50. The van der Waals surface area contributed by atoms with Crippen LogP contribution in [-0.2, 0) is 19.0 Å². The molecule has 5 nitrogen and oxygen atoms in total. The van der Waals surface area contributed by atoms with E-state index < -0.39 is 0 Å². The van der Waals surface area contributed by atoms with Crippen molar-refractivity contribution in [2.75, 3.05) is 40.1 Å². The molecule has 0 fully saturated rings. The Morgan fingerprint density at radius 2 is 1.84 bits per heavy atom. The van der Waals surface area contributed by atoms with Crippen molar-refractivity contribution in [3.05, 3.63) is 0 Å². The second-order valence-electron chi connectivity index (χ2n) is 4.60. The summed E-state index contributed by atoms with van der Waals surface area (Å²) in [6.07, 6.45) is 4.59. The van der Waals surface area contributed by atoms with Gasteiger partial charge in [0.15, 0.2) is 0 Å². The quantitative estimate of drug-likeness (QED) is 0.409. The molecule has 0 saturated carbocycles. The molecule has 0 aliphatic heterocycles. The van der Waals surface area contributed by atoms with Gasteiger partial charge in [-0.2, -0.15) is 0 Å². The summed E-state index contributed by atoms with van der Waals surface area (Å²) in [5, 5.41) is 0. The number of hydrogen-bond acceptors (Lipinski definition) is 5. The van der Waals surface area contributed by atoms with Gasteiger partial charge >= 0.3 is 5.97 Å². The SMILES string of the molecule is CCCC(CCN)CCC(=O)OCCOCCOC. The zero-order chi connectivity index (χ0) is 14.3. The van der Waals surface area contributed by atoms with Gasteiger partial charge in [-0.1, -0.05) is 19.8 Å². The molecule has 0 bridgehead atoms. The molecule has 2 N–H and O–H groups in total. The van der Waals surface area contributed by atoms with Crippen LogP contribution in [0.4, 0.5) is 0 Å². The fraction of sp³-hybridized carbons (Fsp3) is 0.929. The molecule has 0 aromatic carbocycles. The summed E-state index contributed by atoms with van der Waals surface area (Å²) in [5.74, 6) is 0.397. The predicted octanol–water partition coefficient (Wildman–Crippen LogP) is 1.74. The monoisotopic (exact) mass is 275 g/mol. The summed E-state index contributed by atoms with van der Waals surface area (Å²) >= 11 is 0. The van der Waals surface area contributed by atoms with Gasteiger partial charge in [0.25, 0.3) is 0 Å². The Morgan fingerprint density at radius 3 is 2.47 bits per heavy atom. The first-order valence-electron chi connectivity index (χ1n) is 7.16. The number of carbonyl (C=O) groups excluding carboxylic acids is 1. The fourth-order valence-corrected chi connectivity index (χ4v) is 1.93. The topological polar surface area (TPSA) is 70.8 Å². The highest BCUT2D eigenvalue weighted by atomic mass is 16.6. The Labute approximate surface area is 116 Å². The number of hydrogen-bond donors (Lipinski definition) is 1. The third-order valence-electron chi connectivity index (χ3n) is 2.95. The van der Waals surface area contributed by atoms with Crippen molar-refractivity contribution in [3.8, 4) is 0 Å². The number of esters is 1. The molecule has 1 atom stereocenters. The predicted molar refractivity (Wildman–Crippen MR) is 75.0 cm³/mol. The van der Waals surface area contributed by atoms with Crippen LogP contribution in [0.2, 0.25) is 0 Å². The van der Waals surface area contributed by atoms with Crippen molar-refractivity contribution in [2.24, 2.45) is 11.7 Å². The van der Waals surface area contributed by atoms with E-state index >= 15 is 0 Å². The van der Waals surface area contributed by atoms with E-state index in [0.717, 1.165) is 25.7 Å². The molecule has 0 spiro atoms. The van der Waals surface area contributed by atoms with Crippen molar-refractivity contribution in [3.63, 3.8) is 0 Å². The van der Waals surface area contributed by atoms with Crippen LogP contribution in [0.25, 0.3) is 0 Å². The second-order valence-corrected chi connectivity index (χ2v) is 4.60. The lowest BCUT2D eigenvalue weighted by atomic mass is 9.95. The zero-order valence-electron chi connectivity index (χ0n) is 12.4. The highest BCUT2D eigenvalue weighted by Gasteiger charge is 2.10. The molecule has 0 aliphatic carbocycles. The van der Waals surface area contributed by atoms with Gasteiger partial charge in [-0.05, 0) is 25.3 Å². The molecule has 0 aliphatic rings. The molecule has 0 aromatic rings. The maximum atomic E-state index is 11.5. The highest BCUT2D eigenvalue weighted by molar-refractivity contribution is 5.69. The summed E-state index contributed by atoms with van der Waals surface area (Å²) in [4.78, 5) is 11.5. The third kappa shape index (κ3) is 12.1. The number of ether oxygens (including phenoxy) is 3. The Hall–Kier alpha value is -0.650. The molecule has 0 heterocycles. The van der Waals surface area contributed by atoms with E-state index in [-0.39, 0.29) is 5.97 Å². The first-order valence-corrected chi connectivity index (χ1v) is 7.16. The van der Waals surface area contributed by atoms with E-state index in [2.05, 4.69) is 6.92 Å². The standard InChI is InChI=1S/C14H29NO4/c1-3-4-13(7-8-15)5-6-14(16)19-12-11-18-10-9-17-2/h13H,3-12,15H2,1-2H3. The maximum Gasteiger partial charge on any atom is 0.305 e. The van der Waals surface area contributed by atoms with Crippen LogP contribution in [0, 0.1) is 5.92 Å². The summed E-state index contributed by atoms with van der Waals surface area (Å²) in [6, 6.07) is 0. The molecule has 0 radical (unpaired) electrons. The Kier molecular flexibility index (Phi) is 13.3. The minimum absolute atomic E-state index is 0.145. The normalized spacial score (nSPS) is 12.4. The van der Waals surface area contributed by atoms with Gasteiger partial charge in [-0.15, -0.1) is 0 Å². The van der Waals surface area contributed by atoms with Crippen LogP contribution in [-0.4, -0.2) is 46.1 Å². The first-order chi connectivity index (χ1) is 9.24. The van der Waals surface area contributed by atoms with Gasteiger partial charge < -0.3 is 19.9 Å². The minimum Gasteiger partial charge on any atom is -0.463 e. The first kappa shape index (κ1) is 18.4. The average molecular weight is 275 g/mol. The molecule has 19 heavy (non-hydrogen) atoms. The van der Waals surface area contributed by atoms with Crippen LogP contribution in [0.5, 0.6) is 0 Å². The zero-order valence-corrected chi connectivity index (χ0v) is 12.4. The summed E-state index contributed by atoms with van der Waals surface area (Å²) in [6.45, 7) is 4.68. The molecule has 0 amide bonds. The van der Waals surface area contributed by atoms with Crippen molar-refractivity contribution >= 4 is 5.97 Å². The largest absolute Gasteiger partial charge is 0.463 e. The third-order valence-corrected chi connectivity index (χ3v) is 2.95. The molecule has 0 saturated heterocycles. The molecular formula is C14H29NO4. The molecular weight excluding hydrogens is 246 g/mol. The summed E-state index contributed by atoms with van der Waals surface area (Å²) < 4.78 is 15.1. The van der Waals surface area contributed by atoms with E-state index in [1.54, 1.807) is 7.11 Å². The van der Waals surface area contributed by atoms with Crippen molar-refractivity contribution in [2.45, 2.75) is 39.0 Å². The van der Waals surface area contributed by atoms with Crippen LogP contribution in [0.15, 0.2) is 0 Å². The second kappa shape index (κ2) is 13.8. The number of methoxy groups -OCH3 is 1. The van der Waals surface area contributed by atoms with Crippen LogP contribution in [0.1, 0.15) is 39.0 Å². The van der Waals surface area contributed by atoms with Gasteiger partial charge in [0.1, 0.15) is 6.61 Å². The molecule has 1 unspecified atom stereocenters. The lowest BCUT2D eigenvalue weighted by Gasteiger charge is -2.14. The van der Waals surface area contributed by atoms with Gasteiger partial charge in [0.2, 0.25) is 0 Å². The smallest absolute Gasteiger partial charge is 0.305 e. The van der Waals surface area contributed by atoms with Crippen LogP contribution < -0.4 is 5.73 Å². The van der Waals surface area contributed by atoms with E-state index in [0.29, 0.717) is 45.3 Å². The highest BCUT2D eigenvalue weighted by Crippen LogP contribution is 2.17. The van der Waals surface area contributed by atoms with E-state index in [4.69, 9.17) is 19.9 Å². The fourth-order valence-electron chi connectivity index (χ4n) is 1.93. The van der Waals surface area contributed by atoms with Gasteiger partial charge in [-0.25, -0.2) is 0 Å². The average Bonchev–Trinajstić information content (AvgIpc) is 2.40. The van der Waals surface area contributed by atoms with Crippen molar-refractivity contribution < 1.29 is 19.0 Å². The van der Waals surface area contributed by atoms with E-state index in [1.807, 2.05) is 0 Å². The number of nitrogens with two attached hydrogens (primary N) is 1. The Bertz CT molecular complexity index is 206. The number of rotatable bonds is 13. The van der Waals surface area contributed by atoms with E-state index in [1.165, 1.54) is 0 Å². The van der Waals surface area contributed by atoms with Gasteiger partial charge in [-0.3, -0.25) is 4.79 Å². The summed E-state index contributed by atoms with van der Waals surface area (Å²) in [7, 11) is 1.62. The molecule has 114 valence electrons. The lowest BCUT2D eigenvalue weighted by molar-refractivity contribution is -0.145. The van der Waals surface area contributed by atoms with Crippen LogP contribution in [0.3, 0.4) is 0 Å². The molecule has 0 aromatic heterocycles. The minimum atomic E-state index is -0.145. The van der Waals surface area contributed by atoms with Crippen LogP contribution >= 0.6 is 0 Å². The van der Waals surface area contributed by atoms with Gasteiger partial charge in [0.05, 0.1) is 19.8 Å². The van der Waals surface area contributed by atoms with E-state index in [9.17, 15) is 4.79 Å². The Morgan fingerprint density at radius 1 is 1.11 bits per heavy atom. The molecule has 5 heteroatoms. The summed E-state index contributed by atoms with van der Waals surface area (Å²) in [5.41, 5.74) is 5.56. The van der Waals surface area contributed by atoms with Crippen molar-refractivity contribution in [1.82, 2.24) is 0 Å². The maximum absolute atomic E-state index is 11.5. The van der Waals surface area contributed by atoms with Crippen molar-refractivity contribution in [1.29, 1.82) is 0 Å². The lowest BCUT2D eigenvalue weighted by Crippen LogP contribution is -2.14. The molecule has 0 rings (SSSR count). The van der Waals surface area contributed by atoms with Gasteiger partial charge in [0, 0.05) is 13.5 Å².